The molecule has 0 spiro atoms. The standard InChI is InChI=1S/C91H138N20O22S/c1-3-5-7-8-9-10-11-12-13-14-15-16-21-31-61(114)55-134(132,133)45-27-37-77(117)99-52-78(118)101-74(54-112)88(129)106-68(40-42-76(92)116)84(125)109-73(48-59-51-96-56-100-59)87(128)105-69(41-43-79(119)120)83(124)103-66(33-6-4-2)81(122)107-70-39-38-60(113)30-22-18-23-35-65(80(93)121)102-86(127)72(47-58-50-98-64-34-25-24-32-63(58)64)108-82(123)67(36-26-44-97-91(94)95)104-85(126)71(46-57-28-19-17-20-29-57)110-89(130)75-49-62(115)53-111(75)90(70)131/h17,19-20,24-25,28-29,32,34,50-51,56,62,65-75,98,112,115H,3-16,18,21-23,26-27,30-31,33,35-49,52-55H2,1-2H3,(H2,92,116)(H2,93,121)(H,96,100)(H,99,117)(H,101,118)(H,102,127)(H,103,124)(H,104,126)(H,105,128)(H,106,129)(H,107,122)(H,108,123)(H,109,125)(H,110,130)(H,119,120)(H4,94,95,97)/t62-,65+,66+,67+,68+,69+,70+,71-,72+,73+,74+,75+/m1/s1. The summed E-state index contributed by atoms with van der Waals surface area (Å²) in [6.07, 6.45) is 12.9. The highest BCUT2D eigenvalue weighted by molar-refractivity contribution is 7.92. The lowest BCUT2D eigenvalue weighted by atomic mass is 9.99. The predicted octanol–water partition coefficient (Wildman–Crippen LogP) is 0.465. The number of hydrogen-bond donors (Lipinski definition) is 21. The minimum Gasteiger partial charge on any atom is -0.481 e. The minimum absolute atomic E-state index is 0.0220. The molecule has 4 heterocycles. The van der Waals surface area contributed by atoms with Crippen molar-refractivity contribution in [2.75, 3.05) is 37.7 Å². The number of rotatable bonds is 54. The number of guanidine groups is 1. The number of carbonyl (C=O) groups is 17. The van der Waals surface area contributed by atoms with Crippen molar-refractivity contribution in [3.05, 3.63) is 90.1 Å². The number of Topliss-reactive ketones (excluding diaryl/α,β-unsaturated/α-hetero) is 2. The maximum absolute atomic E-state index is 15.4. The van der Waals surface area contributed by atoms with E-state index in [0.29, 0.717) is 34.9 Å². The lowest BCUT2D eigenvalue weighted by molar-refractivity contribution is -0.143. The van der Waals surface area contributed by atoms with Crippen LogP contribution in [0.2, 0.25) is 0 Å². The van der Waals surface area contributed by atoms with Crippen molar-refractivity contribution in [3.8, 4) is 0 Å². The number of H-pyrrole nitrogens is 2. The number of carbonyl (C=O) groups excluding carboxylic acids is 16. The monoisotopic (exact) mass is 1900 g/mol. The van der Waals surface area contributed by atoms with Gasteiger partial charge in [-0.3, -0.25) is 86.9 Å². The van der Waals surface area contributed by atoms with Crippen LogP contribution in [0.15, 0.2) is 73.3 Å². The summed E-state index contributed by atoms with van der Waals surface area (Å²) in [5.74, 6) is -18.0. The highest BCUT2D eigenvalue weighted by Gasteiger charge is 2.44. The van der Waals surface area contributed by atoms with E-state index in [4.69, 9.17) is 22.6 Å². The smallest absolute Gasteiger partial charge is 0.303 e. The van der Waals surface area contributed by atoms with E-state index in [1.165, 1.54) is 63.9 Å². The first-order valence-corrected chi connectivity index (χ1v) is 48.5. The number of para-hydroxylation sites is 1. The molecule has 14 amide bonds. The van der Waals surface area contributed by atoms with Crippen LogP contribution in [-0.2, 0) is 111 Å². The van der Waals surface area contributed by atoms with E-state index in [1.807, 2.05) is 6.07 Å². The molecule has 2 aromatic carbocycles. The molecular formula is C91H138N20O22S. The predicted molar refractivity (Wildman–Crippen MR) is 494 cm³/mol. The van der Waals surface area contributed by atoms with Gasteiger partial charge in [-0.1, -0.05) is 165 Å². The van der Waals surface area contributed by atoms with E-state index in [0.717, 1.165) is 30.6 Å². The maximum Gasteiger partial charge on any atom is 0.303 e. The van der Waals surface area contributed by atoms with Gasteiger partial charge >= 0.3 is 5.97 Å². The summed E-state index contributed by atoms with van der Waals surface area (Å²) in [7, 11) is -3.87. The number of fused-ring (bicyclic) bond motifs is 2. The Bertz CT molecular complexity index is 4670. The molecule has 6 rings (SSSR count). The number of aliphatic hydroxyl groups excluding tert-OH is 2. The van der Waals surface area contributed by atoms with Gasteiger partial charge in [0.05, 0.1) is 37.0 Å². The summed E-state index contributed by atoms with van der Waals surface area (Å²) >= 11 is 0. The summed E-state index contributed by atoms with van der Waals surface area (Å²) in [6, 6.07) is -2.44. The molecule has 2 aliphatic heterocycles. The topological polar surface area (TPSA) is 679 Å². The van der Waals surface area contributed by atoms with E-state index < -0.39 is 271 Å². The van der Waals surface area contributed by atoms with Gasteiger partial charge in [-0.05, 0) is 81.4 Å². The Labute approximate surface area is 780 Å². The van der Waals surface area contributed by atoms with Crippen molar-refractivity contribution < 1.29 is 105 Å². The molecule has 43 heteroatoms. The second-order valence-electron chi connectivity index (χ2n) is 34.4. The zero-order valence-corrected chi connectivity index (χ0v) is 77.5. The number of carboxylic acids is 1. The first-order chi connectivity index (χ1) is 64.1. The van der Waals surface area contributed by atoms with Crippen LogP contribution >= 0.6 is 0 Å². The number of ketones is 2. The quantitative estimate of drug-likeness (QED) is 0.0162. The molecule has 12 atom stereocenters. The van der Waals surface area contributed by atoms with Gasteiger partial charge in [-0.2, -0.15) is 0 Å². The maximum atomic E-state index is 15.4. The molecule has 2 fully saturated rings. The highest BCUT2D eigenvalue weighted by atomic mass is 32.2. The van der Waals surface area contributed by atoms with Gasteiger partial charge in [-0.15, -0.1) is 0 Å². The fourth-order valence-electron chi connectivity index (χ4n) is 15.8. The van der Waals surface area contributed by atoms with Gasteiger partial charge in [0.25, 0.3) is 0 Å². The number of aromatic amines is 2. The Kier molecular flexibility index (Phi) is 48.9. The van der Waals surface area contributed by atoms with Crippen LogP contribution in [0, 0.1) is 5.41 Å². The Morgan fingerprint density at radius 1 is 0.575 bits per heavy atom. The van der Waals surface area contributed by atoms with Gasteiger partial charge in [0.1, 0.15) is 83.8 Å². The first-order valence-electron chi connectivity index (χ1n) is 46.6. The Morgan fingerprint density at radius 2 is 1.16 bits per heavy atom. The van der Waals surface area contributed by atoms with E-state index in [1.54, 1.807) is 61.7 Å². The number of nitrogens with two attached hydrogens (primary N) is 3. The van der Waals surface area contributed by atoms with Crippen LogP contribution in [0.5, 0.6) is 0 Å². The molecule has 2 aromatic heterocycles. The van der Waals surface area contributed by atoms with Crippen molar-refractivity contribution >= 4 is 127 Å². The lowest BCUT2D eigenvalue weighted by Gasteiger charge is -2.31. The van der Waals surface area contributed by atoms with E-state index >= 15 is 19.2 Å². The van der Waals surface area contributed by atoms with Crippen LogP contribution in [0.3, 0.4) is 0 Å². The van der Waals surface area contributed by atoms with Crippen molar-refractivity contribution in [2.24, 2.45) is 17.2 Å². The largest absolute Gasteiger partial charge is 0.481 e. The average Bonchev–Trinajstić information content (AvgIpc) is 1.65. The molecule has 0 radical (unpaired) electrons. The van der Waals surface area contributed by atoms with Crippen molar-refractivity contribution in [1.82, 2.24) is 83.7 Å². The van der Waals surface area contributed by atoms with E-state index in [2.05, 4.69) is 85.7 Å². The van der Waals surface area contributed by atoms with Crippen LogP contribution < -0.4 is 81.0 Å². The molecule has 0 bridgehead atoms. The summed E-state index contributed by atoms with van der Waals surface area (Å²) in [4.78, 5) is 249. The molecule has 0 saturated carbocycles. The van der Waals surface area contributed by atoms with Crippen LogP contribution in [-0.4, -0.2) is 260 Å². The third-order valence-corrected chi connectivity index (χ3v) is 25.0. The Balaban J connectivity index is 1.18. The van der Waals surface area contributed by atoms with Gasteiger partial charge in [0.2, 0.25) is 82.7 Å². The molecule has 0 unspecified atom stereocenters. The van der Waals surface area contributed by atoms with Crippen LogP contribution in [0.25, 0.3) is 10.9 Å². The number of amides is 14. The lowest BCUT2D eigenvalue weighted by Crippen LogP contribution is -2.61. The van der Waals surface area contributed by atoms with Crippen molar-refractivity contribution in [3.63, 3.8) is 0 Å². The molecule has 24 N–H and O–H groups in total. The third kappa shape index (κ3) is 41.1. The number of carboxylic acid groups (broad SMARTS) is 1. The van der Waals surface area contributed by atoms with Crippen molar-refractivity contribution in [1.29, 1.82) is 5.41 Å². The fraction of sp³-hybridized carbons (Fsp3) is 0.615. The molecule has 740 valence electrons. The summed E-state index contributed by atoms with van der Waals surface area (Å²) in [5.41, 5.74) is 18.9. The summed E-state index contributed by atoms with van der Waals surface area (Å²) in [5, 5.41) is 70.6. The number of benzene rings is 2. The van der Waals surface area contributed by atoms with Crippen LogP contribution in [0.1, 0.15) is 243 Å². The number of aliphatic hydroxyl groups is 2. The SMILES string of the molecule is CCCCCCCCCCCCCCCC(=O)CS(=O)(=O)CCCC(=O)NCC(=O)N[C@@H](CO)C(=O)N[C@@H](CCC(N)=O)C(=O)N[C@@H](Cc1c[nH]cn1)C(=O)N[C@@H](CCC(=O)O)C(=O)N[C@@H](CCCC)C(=O)N[C@H]1CCC(=O)CCCCC[C@@H](C(N)=O)NC(=O)[C@H](Cc2c[nH]c3ccccc23)NC(=O)[C@H](CCCNC(=N)N)NC(=O)[C@@H](Cc2ccccc2)NC(=O)[C@@H]2C[C@@H](O)CN2C1=O. The summed E-state index contributed by atoms with van der Waals surface area (Å²) < 4.78 is 25.6. The Hall–Kier alpha value is -12.3. The number of imidazole rings is 1. The summed E-state index contributed by atoms with van der Waals surface area (Å²) in [6.45, 7) is 1.55. The number of nitrogens with zero attached hydrogens (tertiary/aromatic N) is 2. The van der Waals surface area contributed by atoms with Gasteiger partial charge in [0, 0.05) is 101 Å². The number of nitrogens with one attached hydrogen (secondary N) is 15. The molecule has 42 nitrogen and oxygen atoms in total. The van der Waals surface area contributed by atoms with Gasteiger partial charge in [-0.25, -0.2) is 13.4 Å². The normalized spacial score (nSPS) is 19.0. The van der Waals surface area contributed by atoms with E-state index in [-0.39, 0.29) is 102 Å². The minimum atomic E-state index is -3.87. The van der Waals surface area contributed by atoms with Crippen molar-refractivity contribution in [2.45, 2.75) is 318 Å². The zero-order chi connectivity index (χ0) is 98.1. The second-order valence-corrected chi connectivity index (χ2v) is 36.6. The third-order valence-electron chi connectivity index (χ3n) is 23.3. The van der Waals surface area contributed by atoms with Crippen LogP contribution in [0.4, 0.5) is 0 Å². The fourth-order valence-corrected chi connectivity index (χ4v) is 17.2. The molecule has 2 aliphatic rings. The Morgan fingerprint density at radius 3 is 1.78 bits per heavy atom. The number of primary amides is 2. The molecule has 2 saturated heterocycles. The number of unbranched alkanes of at least 4 members (excludes halogenated alkanes) is 13. The second kappa shape index (κ2) is 59.4. The number of aromatic nitrogens is 3. The number of hydrogen-bond acceptors (Lipinski definition) is 23. The number of aliphatic carboxylic acids is 1. The molecule has 4 aromatic rings. The molecule has 0 aliphatic carbocycles. The highest BCUT2D eigenvalue weighted by Crippen LogP contribution is 2.25. The molecular weight excluding hydrogens is 1760 g/mol. The van der Waals surface area contributed by atoms with E-state index in [9.17, 15) is 86.1 Å². The van der Waals surface area contributed by atoms with Gasteiger partial charge in [0.15, 0.2) is 15.8 Å². The number of sulfone groups is 1. The zero-order valence-electron chi connectivity index (χ0n) is 76.7. The van der Waals surface area contributed by atoms with Gasteiger partial charge < -0.3 is 111 Å². The molecule has 134 heavy (non-hydrogen) atoms. The first kappa shape index (κ1) is 110. The average molecular weight is 1900 g/mol.